The normalized spacial score (nSPS) is 37.8. The van der Waals surface area contributed by atoms with E-state index in [1.807, 2.05) is 0 Å². The molecule has 2 bridgehead atoms. The fourth-order valence-electron chi connectivity index (χ4n) is 5.13. The van der Waals surface area contributed by atoms with Gasteiger partial charge >= 0.3 is 0 Å². The van der Waals surface area contributed by atoms with E-state index < -0.39 is 0 Å². The molecule has 18 heavy (non-hydrogen) atoms. The van der Waals surface area contributed by atoms with Gasteiger partial charge in [0.2, 0.25) is 0 Å². The summed E-state index contributed by atoms with van der Waals surface area (Å²) < 4.78 is 0. The van der Waals surface area contributed by atoms with Gasteiger partial charge in [-0.3, -0.25) is 0 Å². The Balaban J connectivity index is 1.93. The van der Waals surface area contributed by atoms with Gasteiger partial charge in [-0.15, -0.1) is 0 Å². The molecule has 3 aliphatic rings. The summed E-state index contributed by atoms with van der Waals surface area (Å²) in [5.74, 6) is 0.911. The molecule has 1 aromatic carbocycles. The Labute approximate surface area is 110 Å². The van der Waals surface area contributed by atoms with E-state index in [1.165, 1.54) is 50.6 Å². The summed E-state index contributed by atoms with van der Waals surface area (Å²) in [5, 5.41) is 3.81. The summed E-state index contributed by atoms with van der Waals surface area (Å²) in [5.41, 5.74) is 5.45. The van der Waals surface area contributed by atoms with Crippen molar-refractivity contribution in [3.8, 4) is 0 Å². The highest BCUT2D eigenvalue weighted by atomic mass is 15.0. The summed E-state index contributed by atoms with van der Waals surface area (Å²) >= 11 is 0. The largest absolute Gasteiger partial charge is 0.313 e. The van der Waals surface area contributed by atoms with Gasteiger partial charge in [0.1, 0.15) is 0 Å². The zero-order valence-electron chi connectivity index (χ0n) is 11.3. The summed E-state index contributed by atoms with van der Waals surface area (Å²) in [6.45, 7) is 3.53. The van der Waals surface area contributed by atoms with E-state index in [-0.39, 0.29) is 0 Å². The van der Waals surface area contributed by atoms with Gasteiger partial charge in [0.25, 0.3) is 0 Å². The molecule has 1 aliphatic heterocycles. The van der Waals surface area contributed by atoms with E-state index in [4.69, 9.17) is 0 Å². The second-order valence-electron chi connectivity index (χ2n) is 6.62. The molecule has 2 fully saturated rings. The van der Waals surface area contributed by atoms with Crippen LogP contribution in [0.25, 0.3) is 0 Å². The molecule has 0 amide bonds. The van der Waals surface area contributed by atoms with Crippen LogP contribution in [-0.2, 0) is 11.8 Å². The Morgan fingerprint density at radius 3 is 3.11 bits per heavy atom. The van der Waals surface area contributed by atoms with Crippen molar-refractivity contribution in [2.45, 2.75) is 56.9 Å². The predicted octanol–water partition coefficient (Wildman–Crippen LogP) is 3.34. The van der Waals surface area contributed by atoms with Gasteiger partial charge < -0.3 is 5.32 Å². The first-order valence-electron chi connectivity index (χ1n) is 7.64. The smallest absolute Gasteiger partial charge is 0.0144 e. The van der Waals surface area contributed by atoms with Crippen molar-refractivity contribution >= 4 is 0 Å². The van der Waals surface area contributed by atoms with Crippen LogP contribution in [0.5, 0.6) is 0 Å². The average molecular weight is 241 g/mol. The maximum atomic E-state index is 3.81. The molecule has 1 saturated heterocycles. The van der Waals surface area contributed by atoms with Crippen LogP contribution in [0.1, 0.15) is 48.8 Å². The Kier molecular flexibility index (Phi) is 2.35. The van der Waals surface area contributed by atoms with E-state index in [2.05, 4.69) is 30.4 Å². The molecule has 96 valence electrons. The second kappa shape index (κ2) is 3.84. The molecule has 1 saturated carbocycles. The van der Waals surface area contributed by atoms with Crippen LogP contribution in [-0.4, -0.2) is 12.6 Å². The summed E-state index contributed by atoms with van der Waals surface area (Å²) in [4.78, 5) is 0. The van der Waals surface area contributed by atoms with Crippen molar-refractivity contribution < 1.29 is 0 Å². The Hall–Kier alpha value is -0.820. The van der Waals surface area contributed by atoms with Crippen molar-refractivity contribution in [2.75, 3.05) is 6.54 Å². The number of fused-ring (bicyclic) bond motifs is 1. The number of hydrogen-bond donors (Lipinski definition) is 1. The lowest BCUT2D eigenvalue weighted by atomic mass is 9.52. The monoisotopic (exact) mass is 241 g/mol. The minimum atomic E-state index is 0.535. The number of nitrogens with one attached hydrogen (secondary N) is 1. The summed E-state index contributed by atoms with van der Waals surface area (Å²) in [6, 6.07) is 7.79. The van der Waals surface area contributed by atoms with E-state index in [9.17, 15) is 0 Å². The van der Waals surface area contributed by atoms with Crippen molar-refractivity contribution in [3.63, 3.8) is 0 Å². The molecule has 1 nitrogen and oxygen atoms in total. The number of benzene rings is 1. The Bertz CT molecular complexity index is 474. The van der Waals surface area contributed by atoms with Crippen LogP contribution in [0.2, 0.25) is 0 Å². The third-order valence-electron chi connectivity index (χ3n) is 5.93. The zero-order chi connectivity index (χ0) is 12.2. The summed E-state index contributed by atoms with van der Waals surface area (Å²) in [7, 11) is 0. The van der Waals surface area contributed by atoms with Crippen LogP contribution < -0.4 is 5.32 Å². The third kappa shape index (κ3) is 1.31. The van der Waals surface area contributed by atoms with Gasteiger partial charge in [0, 0.05) is 11.5 Å². The zero-order valence-corrected chi connectivity index (χ0v) is 11.3. The molecule has 1 heterocycles. The third-order valence-corrected chi connectivity index (χ3v) is 5.93. The lowest BCUT2D eigenvalue weighted by molar-refractivity contribution is 0.0796. The number of hydrogen-bond acceptors (Lipinski definition) is 1. The minimum absolute atomic E-state index is 0.535. The predicted molar refractivity (Wildman–Crippen MR) is 74.9 cm³/mol. The molecule has 4 rings (SSSR count). The molecule has 0 aromatic heterocycles. The van der Waals surface area contributed by atoms with E-state index in [0.717, 1.165) is 12.0 Å². The molecule has 0 unspecified atom stereocenters. The van der Waals surface area contributed by atoms with Gasteiger partial charge in [-0.25, -0.2) is 0 Å². The molecule has 0 spiro atoms. The molecular weight excluding hydrogens is 218 g/mol. The van der Waals surface area contributed by atoms with Crippen molar-refractivity contribution in [2.24, 2.45) is 5.92 Å². The quantitative estimate of drug-likeness (QED) is 0.734. The fourth-order valence-corrected chi connectivity index (χ4v) is 5.13. The maximum Gasteiger partial charge on any atom is 0.0144 e. The van der Waals surface area contributed by atoms with E-state index >= 15 is 0 Å². The first-order chi connectivity index (χ1) is 8.81. The van der Waals surface area contributed by atoms with Gasteiger partial charge in [0.05, 0.1) is 0 Å². The van der Waals surface area contributed by atoms with Crippen LogP contribution in [0, 0.1) is 12.8 Å². The van der Waals surface area contributed by atoms with Crippen molar-refractivity contribution in [1.82, 2.24) is 5.32 Å². The molecule has 0 radical (unpaired) electrons. The molecule has 1 aromatic rings. The number of aryl methyl sites for hydroxylation is 1. The Morgan fingerprint density at radius 1 is 1.22 bits per heavy atom. The number of piperidine rings is 1. The van der Waals surface area contributed by atoms with Crippen molar-refractivity contribution in [1.29, 1.82) is 0 Å². The van der Waals surface area contributed by atoms with Crippen LogP contribution >= 0.6 is 0 Å². The lowest BCUT2D eigenvalue weighted by Crippen LogP contribution is -2.59. The lowest BCUT2D eigenvalue weighted by Gasteiger charge is -2.56. The highest BCUT2D eigenvalue weighted by molar-refractivity contribution is 5.45. The highest BCUT2D eigenvalue weighted by Gasteiger charge is 2.51. The molecular formula is C17H23N. The molecule has 3 atom stereocenters. The standard InChI is InChI=1S/C17H23N/c1-12-5-4-7-14-13(12)11-16-15-6-2-3-8-17(14,15)9-10-18-16/h4-5,7,15-16,18H,2-3,6,8-11H2,1H3/t15-,16+,17-/m0/s1. The van der Waals surface area contributed by atoms with Gasteiger partial charge in [-0.05, 0) is 61.8 Å². The Morgan fingerprint density at radius 2 is 2.17 bits per heavy atom. The average Bonchev–Trinajstić information content (AvgIpc) is 2.40. The van der Waals surface area contributed by atoms with Crippen LogP contribution in [0.15, 0.2) is 18.2 Å². The molecule has 1 N–H and O–H groups in total. The highest BCUT2D eigenvalue weighted by Crippen LogP contribution is 2.54. The SMILES string of the molecule is Cc1cccc2c1C[C@H]1NCC[C@@]23CCCC[C@@H]13. The van der Waals surface area contributed by atoms with E-state index in [0.29, 0.717) is 5.41 Å². The van der Waals surface area contributed by atoms with Gasteiger partial charge in [-0.1, -0.05) is 31.0 Å². The van der Waals surface area contributed by atoms with E-state index in [1.54, 1.807) is 11.1 Å². The summed E-state index contributed by atoms with van der Waals surface area (Å²) in [6.07, 6.45) is 8.42. The van der Waals surface area contributed by atoms with Crippen molar-refractivity contribution in [3.05, 3.63) is 34.9 Å². The topological polar surface area (TPSA) is 12.0 Å². The van der Waals surface area contributed by atoms with Crippen LogP contribution in [0.4, 0.5) is 0 Å². The van der Waals surface area contributed by atoms with Gasteiger partial charge in [0.15, 0.2) is 0 Å². The minimum Gasteiger partial charge on any atom is -0.313 e. The first kappa shape index (κ1) is 11.0. The van der Waals surface area contributed by atoms with Gasteiger partial charge in [-0.2, -0.15) is 0 Å². The fraction of sp³-hybridized carbons (Fsp3) is 0.647. The van der Waals surface area contributed by atoms with Crippen LogP contribution in [0.3, 0.4) is 0 Å². The molecule has 1 heteroatoms. The second-order valence-corrected chi connectivity index (χ2v) is 6.62. The maximum absolute atomic E-state index is 3.81. The first-order valence-corrected chi connectivity index (χ1v) is 7.64. The number of rotatable bonds is 0. The molecule has 2 aliphatic carbocycles.